The zero-order chi connectivity index (χ0) is 15.4. The molecule has 1 unspecified atom stereocenters. The molecule has 5 nitrogen and oxygen atoms in total. The van der Waals surface area contributed by atoms with Gasteiger partial charge in [0.2, 0.25) is 0 Å². The smallest absolute Gasteiger partial charge is 0.313 e. The minimum Gasteiger partial charge on any atom is -0.481 e. The summed E-state index contributed by atoms with van der Waals surface area (Å²) in [4.78, 5) is 15.3. The van der Waals surface area contributed by atoms with Crippen molar-refractivity contribution in [1.82, 2.24) is 9.55 Å². The van der Waals surface area contributed by atoms with Crippen molar-refractivity contribution in [2.75, 3.05) is 17.3 Å². The summed E-state index contributed by atoms with van der Waals surface area (Å²) in [6.45, 7) is 4.46. The first-order chi connectivity index (χ1) is 10.0. The fourth-order valence-corrected chi connectivity index (χ4v) is 3.48. The number of carboxylic acid groups (broad SMARTS) is 1. The molecule has 0 amide bonds. The van der Waals surface area contributed by atoms with E-state index in [0.717, 1.165) is 16.6 Å². The molecule has 21 heavy (non-hydrogen) atoms. The van der Waals surface area contributed by atoms with Gasteiger partial charge in [0.05, 0.1) is 16.8 Å². The molecule has 0 spiro atoms. The van der Waals surface area contributed by atoms with Crippen LogP contribution in [-0.4, -0.2) is 42.1 Å². The Kier molecular flexibility index (Phi) is 5.41. The Labute approximate surface area is 130 Å². The monoisotopic (exact) mass is 326 g/mol. The molecule has 0 fully saturated rings. The molecule has 0 saturated carbocycles. The minimum absolute atomic E-state index is 0.0285. The number of carbonyl (C=O) groups is 1. The van der Waals surface area contributed by atoms with Crippen molar-refractivity contribution in [2.45, 2.75) is 25.5 Å². The number of rotatable bonds is 7. The quantitative estimate of drug-likeness (QED) is 0.790. The molecule has 114 valence electrons. The molecule has 1 aromatic carbocycles. The highest BCUT2D eigenvalue weighted by atomic mass is 32.2. The number of hydrogen-bond acceptors (Lipinski definition) is 4. The summed E-state index contributed by atoms with van der Waals surface area (Å²) in [6, 6.07) is 5.91. The zero-order valence-electron chi connectivity index (χ0n) is 12.0. The lowest BCUT2D eigenvalue weighted by Crippen LogP contribution is -2.10. The van der Waals surface area contributed by atoms with Gasteiger partial charge in [-0.15, -0.1) is 0 Å². The molecule has 1 atom stereocenters. The van der Waals surface area contributed by atoms with Gasteiger partial charge in [0.1, 0.15) is 0 Å². The van der Waals surface area contributed by atoms with Gasteiger partial charge in [0, 0.05) is 28.9 Å². The van der Waals surface area contributed by atoms with Crippen molar-refractivity contribution < 1.29 is 14.1 Å². The van der Waals surface area contributed by atoms with Crippen LogP contribution in [0.4, 0.5) is 0 Å². The van der Waals surface area contributed by atoms with Crippen LogP contribution < -0.4 is 0 Å². The summed E-state index contributed by atoms with van der Waals surface area (Å²) in [6.07, 6.45) is 0. The molecule has 2 rings (SSSR count). The summed E-state index contributed by atoms with van der Waals surface area (Å²) in [5, 5.41) is 9.52. The lowest BCUT2D eigenvalue weighted by molar-refractivity contribution is -0.133. The van der Waals surface area contributed by atoms with E-state index < -0.39 is 16.8 Å². The normalized spacial score (nSPS) is 12.7. The largest absolute Gasteiger partial charge is 0.481 e. The number of aliphatic carboxylic acids is 1. The number of aromatic nitrogens is 2. The van der Waals surface area contributed by atoms with E-state index in [1.54, 1.807) is 0 Å². The molecular weight excluding hydrogens is 308 g/mol. The van der Waals surface area contributed by atoms with Crippen LogP contribution in [0.3, 0.4) is 0 Å². The summed E-state index contributed by atoms with van der Waals surface area (Å²) >= 11 is 1.20. The predicted molar refractivity (Wildman–Crippen MR) is 86.4 cm³/mol. The molecule has 7 heteroatoms. The third-order valence-corrected chi connectivity index (χ3v) is 5.38. The lowest BCUT2D eigenvalue weighted by Gasteiger charge is -2.07. The number of fused-ring (bicyclic) bond motifs is 1. The Hall–Kier alpha value is -1.34. The number of nitrogens with zero attached hydrogens (tertiary/aromatic N) is 2. The highest BCUT2D eigenvalue weighted by Crippen LogP contribution is 2.26. The molecule has 0 radical (unpaired) electrons. The van der Waals surface area contributed by atoms with Gasteiger partial charge >= 0.3 is 5.97 Å². The van der Waals surface area contributed by atoms with Crippen molar-refractivity contribution in [3.05, 3.63) is 23.8 Å². The minimum atomic E-state index is -0.868. The van der Waals surface area contributed by atoms with Crippen LogP contribution in [0, 0.1) is 6.92 Å². The second kappa shape index (κ2) is 7.09. The molecule has 0 aliphatic carbocycles. The Morgan fingerprint density at radius 3 is 2.90 bits per heavy atom. The highest BCUT2D eigenvalue weighted by molar-refractivity contribution is 7.99. The van der Waals surface area contributed by atoms with Crippen molar-refractivity contribution >= 4 is 39.6 Å². The van der Waals surface area contributed by atoms with E-state index >= 15 is 0 Å². The Bertz CT molecular complexity index is 682. The predicted octanol–water partition coefficient (Wildman–Crippen LogP) is 2.29. The van der Waals surface area contributed by atoms with Crippen molar-refractivity contribution in [3.63, 3.8) is 0 Å². The van der Waals surface area contributed by atoms with E-state index in [9.17, 15) is 9.00 Å². The third-order valence-electron chi connectivity index (χ3n) is 3.13. The highest BCUT2D eigenvalue weighted by Gasteiger charge is 2.14. The average molecular weight is 326 g/mol. The fraction of sp³-hybridized carbons (Fsp3) is 0.429. The van der Waals surface area contributed by atoms with E-state index in [0.29, 0.717) is 23.2 Å². The van der Waals surface area contributed by atoms with Gasteiger partial charge in [-0.3, -0.25) is 9.00 Å². The Morgan fingerprint density at radius 2 is 2.24 bits per heavy atom. The lowest BCUT2D eigenvalue weighted by atomic mass is 10.2. The molecule has 1 heterocycles. The van der Waals surface area contributed by atoms with Crippen molar-refractivity contribution in [1.29, 1.82) is 0 Å². The molecule has 1 aromatic heterocycles. The maximum atomic E-state index is 11.7. The van der Waals surface area contributed by atoms with Crippen LogP contribution in [0.5, 0.6) is 0 Å². The molecule has 0 aliphatic heterocycles. The standard InChI is InChI=1S/C14H18N2O3S2/c1-3-21(19)8-7-16-11-6-4-5-10(2)13(11)15-14(16)20-9-12(17)18/h4-6H,3,7-9H2,1-2H3,(H,17,18). The third kappa shape index (κ3) is 3.85. The van der Waals surface area contributed by atoms with Gasteiger partial charge in [0.15, 0.2) is 5.16 Å². The van der Waals surface area contributed by atoms with E-state index in [-0.39, 0.29) is 5.75 Å². The van der Waals surface area contributed by atoms with Crippen molar-refractivity contribution in [3.8, 4) is 0 Å². The number of benzene rings is 1. The summed E-state index contributed by atoms with van der Waals surface area (Å²) < 4.78 is 13.6. The molecule has 2 aromatic rings. The SMILES string of the molecule is CCS(=O)CCn1c(SCC(=O)O)nc2c(C)cccc21. The maximum absolute atomic E-state index is 11.7. The second-order valence-corrected chi connectivity index (χ2v) is 7.41. The summed E-state index contributed by atoms with van der Waals surface area (Å²) in [5.41, 5.74) is 2.91. The fourth-order valence-electron chi connectivity index (χ4n) is 2.06. The van der Waals surface area contributed by atoms with E-state index in [2.05, 4.69) is 4.98 Å². The van der Waals surface area contributed by atoms with Gasteiger partial charge in [-0.2, -0.15) is 0 Å². The Morgan fingerprint density at radius 1 is 1.48 bits per heavy atom. The number of carboxylic acids is 1. The van der Waals surface area contributed by atoms with Gasteiger partial charge in [-0.05, 0) is 18.6 Å². The number of imidazole rings is 1. The van der Waals surface area contributed by atoms with Crippen LogP contribution in [0.15, 0.2) is 23.4 Å². The molecular formula is C14H18N2O3S2. The number of aryl methyl sites for hydroxylation is 2. The second-order valence-electron chi connectivity index (χ2n) is 4.60. The van der Waals surface area contributed by atoms with E-state index in [1.807, 2.05) is 36.6 Å². The summed E-state index contributed by atoms with van der Waals surface area (Å²) in [5.74, 6) is 0.284. The molecule has 0 saturated heterocycles. The van der Waals surface area contributed by atoms with Crippen LogP contribution >= 0.6 is 11.8 Å². The number of thioether (sulfide) groups is 1. The van der Waals surface area contributed by atoms with E-state index in [1.165, 1.54) is 11.8 Å². The zero-order valence-corrected chi connectivity index (χ0v) is 13.7. The summed E-state index contributed by atoms with van der Waals surface area (Å²) in [7, 11) is -0.855. The first-order valence-corrected chi connectivity index (χ1v) is 9.15. The molecule has 0 bridgehead atoms. The molecule has 1 N–H and O–H groups in total. The van der Waals surface area contributed by atoms with E-state index in [4.69, 9.17) is 5.11 Å². The van der Waals surface area contributed by atoms with Gasteiger partial charge in [-0.25, -0.2) is 4.98 Å². The first-order valence-electron chi connectivity index (χ1n) is 6.68. The van der Waals surface area contributed by atoms with Gasteiger partial charge in [0.25, 0.3) is 0 Å². The average Bonchev–Trinajstić information content (AvgIpc) is 2.82. The maximum Gasteiger partial charge on any atom is 0.313 e. The van der Waals surface area contributed by atoms with Crippen LogP contribution in [0.1, 0.15) is 12.5 Å². The van der Waals surface area contributed by atoms with Crippen LogP contribution in [0.2, 0.25) is 0 Å². The Balaban J connectivity index is 2.37. The van der Waals surface area contributed by atoms with Crippen molar-refractivity contribution in [2.24, 2.45) is 0 Å². The number of hydrogen-bond donors (Lipinski definition) is 1. The van der Waals surface area contributed by atoms with Crippen LogP contribution in [-0.2, 0) is 22.1 Å². The number of para-hydroxylation sites is 1. The molecule has 0 aliphatic rings. The van der Waals surface area contributed by atoms with Gasteiger partial charge < -0.3 is 9.67 Å². The van der Waals surface area contributed by atoms with Gasteiger partial charge in [-0.1, -0.05) is 30.8 Å². The topological polar surface area (TPSA) is 72.2 Å². The van der Waals surface area contributed by atoms with Crippen LogP contribution in [0.25, 0.3) is 11.0 Å². The first kappa shape index (κ1) is 16.0.